The first kappa shape index (κ1) is 17.4. The van der Waals surface area contributed by atoms with Gasteiger partial charge in [0, 0.05) is 12.2 Å². The molecule has 2 heterocycles. The Morgan fingerprint density at radius 2 is 2.04 bits per heavy atom. The first-order valence-corrected chi connectivity index (χ1v) is 8.74. The number of aromatic nitrogens is 1. The molecule has 1 aromatic rings. The fraction of sp³-hybridized carbons (Fsp3) is 0.556. The van der Waals surface area contributed by atoms with E-state index in [9.17, 15) is 14.4 Å². The summed E-state index contributed by atoms with van der Waals surface area (Å²) in [6.07, 6.45) is 5.50. The Morgan fingerprint density at radius 1 is 1.24 bits per heavy atom. The van der Waals surface area contributed by atoms with E-state index < -0.39 is 12.0 Å². The normalized spacial score (nSPS) is 19.2. The molecule has 0 radical (unpaired) electrons. The lowest BCUT2D eigenvalue weighted by Crippen LogP contribution is -2.46. The van der Waals surface area contributed by atoms with Crippen molar-refractivity contribution in [2.24, 2.45) is 0 Å². The number of hydrogen-bond acceptors (Lipinski definition) is 5. The zero-order chi connectivity index (χ0) is 17.8. The van der Waals surface area contributed by atoms with Crippen LogP contribution >= 0.6 is 0 Å². The Labute approximate surface area is 146 Å². The van der Waals surface area contributed by atoms with Crippen molar-refractivity contribution in [3.05, 3.63) is 29.1 Å². The smallest absolute Gasteiger partial charge is 0.328 e. The van der Waals surface area contributed by atoms with Crippen LogP contribution in [-0.4, -0.2) is 53.9 Å². The molecule has 25 heavy (non-hydrogen) atoms. The number of carbonyl (C=O) groups is 3. The molecular weight excluding hydrogens is 322 g/mol. The zero-order valence-electron chi connectivity index (χ0n) is 14.4. The van der Waals surface area contributed by atoms with Gasteiger partial charge in [0.25, 0.3) is 5.91 Å². The monoisotopic (exact) mass is 345 g/mol. The number of methoxy groups -OCH3 is 1. The van der Waals surface area contributed by atoms with Gasteiger partial charge in [0.15, 0.2) is 0 Å². The maximum absolute atomic E-state index is 12.3. The van der Waals surface area contributed by atoms with Crippen molar-refractivity contribution in [1.82, 2.24) is 15.2 Å². The highest BCUT2D eigenvalue weighted by molar-refractivity contribution is 5.95. The van der Waals surface area contributed by atoms with E-state index in [1.54, 1.807) is 6.07 Å². The molecule has 0 aromatic carbocycles. The molecule has 1 fully saturated rings. The third-order valence-corrected chi connectivity index (χ3v) is 4.86. The van der Waals surface area contributed by atoms with E-state index in [1.165, 1.54) is 17.6 Å². The summed E-state index contributed by atoms with van der Waals surface area (Å²) in [7, 11) is 1.31. The second-order valence-electron chi connectivity index (χ2n) is 6.46. The molecule has 2 aliphatic rings. The van der Waals surface area contributed by atoms with Gasteiger partial charge in [-0.25, -0.2) is 9.78 Å². The standard InChI is InChI=1S/C18H23N3O4/c1-25-18(24)15-7-4-10-21(15)16(22)11-19-17(23)14-9-8-12-5-2-3-6-13(12)20-14/h8-9,15H,2-7,10-11H2,1H3,(H,19,23)/t15-/m0/s1. The number of carbonyl (C=O) groups excluding carboxylic acids is 3. The Bertz CT molecular complexity index is 689. The van der Waals surface area contributed by atoms with Gasteiger partial charge >= 0.3 is 5.97 Å². The molecule has 1 N–H and O–H groups in total. The second-order valence-corrected chi connectivity index (χ2v) is 6.46. The van der Waals surface area contributed by atoms with E-state index in [0.717, 1.165) is 37.8 Å². The number of hydrogen-bond donors (Lipinski definition) is 1. The topological polar surface area (TPSA) is 88.6 Å². The van der Waals surface area contributed by atoms with Crippen molar-refractivity contribution in [3.8, 4) is 0 Å². The van der Waals surface area contributed by atoms with Gasteiger partial charge < -0.3 is 15.0 Å². The van der Waals surface area contributed by atoms with Crippen molar-refractivity contribution >= 4 is 17.8 Å². The number of nitrogens with one attached hydrogen (secondary N) is 1. The van der Waals surface area contributed by atoms with Crippen LogP contribution in [0.1, 0.15) is 47.4 Å². The number of likely N-dealkylation sites (tertiary alicyclic amines) is 1. The predicted octanol–water partition coefficient (Wildman–Crippen LogP) is 0.854. The van der Waals surface area contributed by atoms with E-state index >= 15 is 0 Å². The van der Waals surface area contributed by atoms with E-state index in [2.05, 4.69) is 10.3 Å². The van der Waals surface area contributed by atoms with Gasteiger partial charge in [-0.2, -0.15) is 0 Å². The summed E-state index contributed by atoms with van der Waals surface area (Å²) >= 11 is 0. The first-order valence-electron chi connectivity index (χ1n) is 8.74. The van der Waals surface area contributed by atoms with Gasteiger partial charge in [-0.05, 0) is 50.2 Å². The number of pyridine rings is 1. The van der Waals surface area contributed by atoms with Crippen molar-refractivity contribution in [2.45, 2.75) is 44.6 Å². The van der Waals surface area contributed by atoms with Crippen LogP contribution in [0.4, 0.5) is 0 Å². The van der Waals surface area contributed by atoms with Crippen LogP contribution in [0.2, 0.25) is 0 Å². The highest BCUT2D eigenvalue weighted by Crippen LogP contribution is 2.20. The van der Waals surface area contributed by atoms with E-state index in [0.29, 0.717) is 18.7 Å². The van der Waals surface area contributed by atoms with Gasteiger partial charge in [0.2, 0.25) is 5.91 Å². The van der Waals surface area contributed by atoms with E-state index in [4.69, 9.17) is 4.74 Å². The minimum Gasteiger partial charge on any atom is -0.467 e. The largest absolute Gasteiger partial charge is 0.467 e. The molecule has 1 aliphatic heterocycles. The van der Waals surface area contributed by atoms with E-state index in [1.807, 2.05) is 6.07 Å². The van der Waals surface area contributed by atoms with Crippen LogP contribution in [0.5, 0.6) is 0 Å². The van der Waals surface area contributed by atoms with Crippen LogP contribution in [0.25, 0.3) is 0 Å². The molecule has 0 saturated carbocycles. The Morgan fingerprint density at radius 3 is 2.84 bits per heavy atom. The van der Waals surface area contributed by atoms with E-state index in [-0.39, 0.29) is 18.4 Å². The average Bonchev–Trinajstić information content (AvgIpc) is 3.14. The molecule has 7 heteroatoms. The summed E-state index contributed by atoms with van der Waals surface area (Å²) in [4.78, 5) is 42.2. The molecule has 1 saturated heterocycles. The maximum Gasteiger partial charge on any atom is 0.328 e. The molecule has 1 aliphatic carbocycles. The van der Waals surface area contributed by atoms with Gasteiger partial charge in [-0.15, -0.1) is 0 Å². The lowest BCUT2D eigenvalue weighted by molar-refractivity contribution is -0.150. The van der Waals surface area contributed by atoms with Gasteiger partial charge in [-0.3, -0.25) is 9.59 Å². The summed E-state index contributed by atoms with van der Waals surface area (Å²) in [6, 6.07) is 3.11. The molecule has 7 nitrogen and oxygen atoms in total. The lowest BCUT2D eigenvalue weighted by atomic mass is 9.96. The molecule has 134 valence electrons. The number of nitrogens with zero attached hydrogens (tertiary/aromatic N) is 2. The fourth-order valence-electron chi connectivity index (χ4n) is 3.50. The molecule has 0 spiro atoms. The summed E-state index contributed by atoms with van der Waals surface area (Å²) in [5.74, 6) is -1.05. The van der Waals surface area contributed by atoms with Gasteiger partial charge in [-0.1, -0.05) is 6.07 Å². The van der Waals surface area contributed by atoms with Gasteiger partial charge in [0.05, 0.1) is 13.7 Å². The number of amides is 2. The van der Waals surface area contributed by atoms with Crippen LogP contribution in [-0.2, 0) is 27.2 Å². The number of rotatable bonds is 4. The highest BCUT2D eigenvalue weighted by Gasteiger charge is 2.34. The molecule has 1 aromatic heterocycles. The highest BCUT2D eigenvalue weighted by atomic mass is 16.5. The van der Waals surface area contributed by atoms with Crippen LogP contribution in [0.15, 0.2) is 12.1 Å². The first-order chi connectivity index (χ1) is 12.1. The summed E-state index contributed by atoms with van der Waals surface area (Å²) in [6.45, 7) is 0.358. The van der Waals surface area contributed by atoms with Crippen LogP contribution in [0.3, 0.4) is 0 Å². The van der Waals surface area contributed by atoms with Crippen LogP contribution < -0.4 is 5.32 Å². The quantitative estimate of drug-likeness (QED) is 0.818. The van der Waals surface area contributed by atoms with Crippen molar-refractivity contribution < 1.29 is 19.1 Å². The lowest BCUT2D eigenvalue weighted by Gasteiger charge is -2.22. The Hall–Kier alpha value is -2.44. The van der Waals surface area contributed by atoms with Crippen LogP contribution in [0, 0.1) is 0 Å². The summed E-state index contributed by atoms with van der Waals surface area (Å²) < 4.78 is 4.73. The number of aryl methyl sites for hydroxylation is 2. The fourth-order valence-corrected chi connectivity index (χ4v) is 3.50. The third-order valence-electron chi connectivity index (χ3n) is 4.86. The Balaban J connectivity index is 1.58. The number of fused-ring (bicyclic) bond motifs is 1. The average molecular weight is 345 g/mol. The predicted molar refractivity (Wildman–Crippen MR) is 90.0 cm³/mol. The Kier molecular flexibility index (Phi) is 5.31. The molecule has 1 atom stereocenters. The summed E-state index contributed by atoms with van der Waals surface area (Å²) in [5, 5.41) is 2.62. The van der Waals surface area contributed by atoms with Crippen molar-refractivity contribution in [2.75, 3.05) is 20.2 Å². The van der Waals surface area contributed by atoms with Crippen molar-refractivity contribution in [1.29, 1.82) is 0 Å². The third kappa shape index (κ3) is 3.81. The van der Waals surface area contributed by atoms with Crippen molar-refractivity contribution in [3.63, 3.8) is 0 Å². The second kappa shape index (κ2) is 7.63. The molecule has 0 bridgehead atoms. The molecule has 3 rings (SSSR count). The van der Waals surface area contributed by atoms with Gasteiger partial charge in [0.1, 0.15) is 11.7 Å². The number of ether oxygens (including phenoxy) is 1. The maximum atomic E-state index is 12.3. The zero-order valence-corrected chi connectivity index (χ0v) is 14.4. The SMILES string of the molecule is COC(=O)[C@@H]1CCCN1C(=O)CNC(=O)c1ccc2c(n1)CCCC2. The summed E-state index contributed by atoms with van der Waals surface area (Å²) in [5.41, 5.74) is 2.52. The minimum atomic E-state index is -0.545. The number of esters is 1. The molecular formula is C18H23N3O4. The molecule has 2 amide bonds. The molecule has 0 unspecified atom stereocenters. The minimum absolute atomic E-state index is 0.148.